The fourth-order valence-electron chi connectivity index (χ4n) is 1.07. The van der Waals surface area contributed by atoms with Crippen LogP contribution in [0.1, 0.15) is 6.42 Å². The first-order valence-corrected chi connectivity index (χ1v) is 5.96. The van der Waals surface area contributed by atoms with Gasteiger partial charge in [0, 0.05) is 6.26 Å². The van der Waals surface area contributed by atoms with Crippen molar-refractivity contribution in [1.82, 2.24) is 0 Å². The monoisotopic (exact) mass is 238 g/mol. The lowest BCUT2D eigenvalue weighted by Crippen LogP contribution is -2.11. The molecular weight excluding hydrogens is 229 g/mol. The molecule has 1 aliphatic carbocycles. The smallest absolute Gasteiger partial charge is 0.224 e. The Kier molecular flexibility index (Phi) is 3.08. The van der Waals surface area contributed by atoms with Crippen LogP contribution in [0.5, 0.6) is 0 Å². The van der Waals surface area contributed by atoms with Crippen LogP contribution in [0.2, 0.25) is 0 Å². The van der Waals surface area contributed by atoms with Crippen LogP contribution < -0.4 is 0 Å². The highest BCUT2D eigenvalue weighted by atomic mass is 32.2. The zero-order chi connectivity index (χ0) is 11.7. The number of halogens is 3. The summed E-state index contributed by atoms with van der Waals surface area (Å²) < 4.78 is 59.2. The van der Waals surface area contributed by atoms with Crippen molar-refractivity contribution in [3.63, 3.8) is 0 Å². The van der Waals surface area contributed by atoms with E-state index in [4.69, 9.17) is 0 Å². The molecule has 2 nitrogen and oxygen atoms in total. The van der Waals surface area contributed by atoms with E-state index in [-0.39, 0.29) is 11.3 Å². The molecule has 0 N–H and O–H groups in total. The molecule has 0 aromatic carbocycles. The Hall–Kier alpha value is -1.04. The molecule has 0 radical (unpaired) electrons. The van der Waals surface area contributed by atoms with Crippen molar-refractivity contribution in [3.05, 3.63) is 34.8 Å². The minimum absolute atomic E-state index is 0.179. The molecule has 0 bridgehead atoms. The van der Waals surface area contributed by atoms with Crippen LogP contribution in [0.15, 0.2) is 34.8 Å². The molecule has 84 valence electrons. The molecule has 0 unspecified atom stereocenters. The molecule has 0 amide bonds. The first-order valence-electron chi connectivity index (χ1n) is 4.07. The summed E-state index contributed by atoms with van der Waals surface area (Å²) in [6.45, 7) is 0. The van der Waals surface area contributed by atoms with E-state index in [1.807, 2.05) is 0 Å². The third-order valence-corrected chi connectivity index (χ3v) is 2.95. The SMILES string of the molecule is CS(=O)(=O)C1=CCC=CC(C(F)(F)F)=C1. The maximum absolute atomic E-state index is 12.3. The van der Waals surface area contributed by atoms with Crippen molar-refractivity contribution in [2.24, 2.45) is 0 Å². The predicted octanol–water partition coefficient (Wildman–Crippen LogP) is 2.36. The first kappa shape index (κ1) is 12.0. The fourth-order valence-corrected chi connectivity index (χ4v) is 1.81. The van der Waals surface area contributed by atoms with Gasteiger partial charge in [-0.05, 0) is 12.5 Å². The average molecular weight is 238 g/mol. The van der Waals surface area contributed by atoms with Crippen LogP contribution in [-0.2, 0) is 9.84 Å². The molecule has 1 rings (SSSR count). The highest BCUT2D eigenvalue weighted by molar-refractivity contribution is 7.94. The molecule has 0 saturated carbocycles. The number of hydrogen-bond donors (Lipinski definition) is 0. The second-order valence-corrected chi connectivity index (χ2v) is 5.13. The van der Waals surface area contributed by atoms with Crippen molar-refractivity contribution in [3.8, 4) is 0 Å². The molecule has 0 atom stereocenters. The zero-order valence-corrected chi connectivity index (χ0v) is 8.69. The Morgan fingerprint density at radius 3 is 2.40 bits per heavy atom. The highest BCUT2D eigenvalue weighted by Gasteiger charge is 2.32. The molecular formula is C9H9F3O2S. The molecule has 6 heteroatoms. The van der Waals surface area contributed by atoms with Crippen LogP contribution in [0.3, 0.4) is 0 Å². The van der Waals surface area contributed by atoms with Gasteiger partial charge in [0.2, 0.25) is 0 Å². The molecule has 0 fully saturated rings. The van der Waals surface area contributed by atoms with Crippen molar-refractivity contribution >= 4 is 9.84 Å². The Labute approximate surface area is 85.7 Å². The number of allylic oxidation sites excluding steroid dienone is 5. The van der Waals surface area contributed by atoms with Crippen LogP contribution in [-0.4, -0.2) is 20.8 Å². The van der Waals surface area contributed by atoms with Gasteiger partial charge in [0.25, 0.3) is 0 Å². The van der Waals surface area contributed by atoms with E-state index in [9.17, 15) is 21.6 Å². The summed E-state index contributed by atoms with van der Waals surface area (Å²) in [6, 6.07) is 0. The van der Waals surface area contributed by atoms with Crippen molar-refractivity contribution in [2.75, 3.05) is 6.26 Å². The summed E-state index contributed by atoms with van der Waals surface area (Å²) in [4.78, 5) is -0.292. The van der Waals surface area contributed by atoms with Gasteiger partial charge in [-0.25, -0.2) is 8.42 Å². The van der Waals surface area contributed by atoms with Crippen LogP contribution in [0.25, 0.3) is 0 Å². The lowest BCUT2D eigenvalue weighted by Gasteiger charge is -2.07. The molecule has 0 aromatic heterocycles. The van der Waals surface area contributed by atoms with Crippen molar-refractivity contribution in [2.45, 2.75) is 12.6 Å². The topological polar surface area (TPSA) is 34.1 Å². The molecule has 0 aliphatic heterocycles. The highest BCUT2D eigenvalue weighted by Crippen LogP contribution is 2.30. The Balaban J connectivity index is 3.21. The van der Waals surface area contributed by atoms with Crippen LogP contribution >= 0.6 is 0 Å². The van der Waals surface area contributed by atoms with E-state index >= 15 is 0 Å². The molecule has 0 spiro atoms. The van der Waals surface area contributed by atoms with Gasteiger partial charge in [0.1, 0.15) is 0 Å². The molecule has 15 heavy (non-hydrogen) atoms. The Morgan fingerprint density at radius 1 is 1.33 bits per heavy atom. The van der Waals surface area contributed by atoms with Gasteiger partial charge in [-0.3, -0.25) is 0 Å². The summed E-state index contributed by atoms with van der Waals surface area (Å²) in [5, 5.41) is 0. The lowest BCUT2D eigenvalue weighted by molar-refractivity contribution is -0.0881. The van der Waals surface area contributed by atoms with Gasteiger partial charge in [-0.1, -0.05) is 18.2 Å². The maximum atomic E-state index is 12.3. The molecule has 0 aromatic rings. The summed E-state index contributed by atoms with van der Waals surface area (Å²) in [5.41, 5.74) is -0.948. The lowest BCUT2D eigenvalue weighted by atomic mass is 10.2. The molecule has 1 aliphatic rings. The standard InChI is InChI=1S/C9H9F3O2S/c1-15(13,14)8-5-3-2-4-7(6-8)9(10,11)12/h2,4-6H,3H2,1H3. The van der Waals surface area contributed by atoms with Gasteiger partial charge in [0.15, 0.2) is 9.84 Å². The zero-order valence-electron chi connectivity index (χ0n) is 7.88. The number of hydrogen-bond acceptors (Lipinski definition) is 2. The molecule has 0 saturated heterocycles. The fraction of sp³-hybridized carbons (Fsp3) is 0.333. The third-order valence-electron chi connectivity index (χ3n) is 1.81. The number of alkyl halides is 3. The summed E-state index contributed by atoms with van der Waals surface area (Å²) in [7, 11) is -3.60. The van der Waals surface area contributed by atoms with E-state index in [0.29, 0.717) is 6.08 Å². The van der Waals surface area contributed by atoms with E-state index in [1.165, 1.54) is 12.2 Å². The van der Waals surface area contributed by atoms with Gasteiger partial charge in [-0.2, -0.15) is 13.2 Å². The summed E-state index contributed by atoms with van der Waals surface area (Å²) in [5.74, 6) is 0. The van der Waals surface area contributed by atoms with Gasteiger partial charge in [-0.15, -0.1) is 0 Å². The minimum atomic E-state index is -4.52. The average Bonchev–Trinajstić information content (AvgIpc) is 2.24. The maximum Gasteiger partial charge on any atom is 0.416 e. The van der Waals surface area contributed by atoms with Gasteiger partial charge in [0.05, 0.1) is 10.5 Å². The van der Waals surface area contributed by atoms with Crippen LogP contribution in [0.4, 0.5) is 13.2 Å². The van der Waals surface area contributed by atoms with Gasteiger partial charge >= 0.3 is 6.18 Å². The van der Waals surface area contributed by atoms with Crippen LogP contribution in [0, 0.1) is 0 Å². The predicted molar refractivity (Wildman–Crippen MR) is 50.8 cm³/mol. The third kappa shape index (κ3) is 3.23. The Bertz CT molecular complexity index is 438. The van der Waals surface area contributed by atoms with E-state index in [2.05, 4.69) is 0 Å². The van der Waals surface area contributed by atoms with E-state index in [1.54, 1.807) is 0 Å². The van der Waals surface area contributed by atoms with Crippen molar-refractivity contribution < 1.29 is 21.6 Å². The van der Waals surface area contributed by atoms with Crippen molar-refractivity contribution in [1.29, 1.82) is 0 Å². The van der Waals surface area contributed by atoms with E-state index in [0.717, 1.165) is 12.3 Å². The first-order chi connectivity index (χ1) is 6.71. The molecule has 0 heterocycles. The normalized spacial score (nSPS) is 18.1. The second-order valence-electron chi connectivity index (χ2n) is 3.11. The minimum Gasteiger partial charge on any atom is -0.224 e. The number of rotatable bonds is 1. The number of sulfone groups is 1. The van der Waals surface area contributed by atoms with Gasteiger partial charge < -0.3 is 0 Å². The second kappa shape index (κ2) is 3.84. The summed E-state index contributed by atoms with van der Waals surface area (Å²) >= 11 is 0. The quantitative estimate of drug-likeness (QED) is 0.702. The van der Waals surface area contributed by atoms with E-state index < -0.39 is 21.6 Å². The Morgan fingerprint density at radius 2 is 1.93 bits per heavy atom. The largest absolute Gasteiger partial charge is 0.416 e. The summed E-state index contributed by atoms with van der Waals surface area (Å²) in [6.07, 6.45) is 0.605.